The molecule has 0 bridgehead atoms. The minimum Gasteiger partial charge on any atom is -0.493 e. The third-order valence-electron chi connectivity index (χ3n) is 5.88. The van der Waals surface area contributed by atoms with E-state index in [4.69, 9.17) is 18.9 Å². The molecule has 4 heterocycles. The zero-order valence-corrected chi connectivity index (χ0v) is 20.2. The summed E-state index contributed by atoms with van der Waals surface area (Å²) in [7, 11) is 0. The zero-order chi connectivity index (χ0) is 23.2. The molecular formula is C23H30N6O4S. The predicted molar refractivity (Wildman–Crippen MR) is 129 cm³/mol. The molecule has 182 valence electrons. The van der Waals surface area contributed by atoms with Crippen molar-refractivity contribution in [1.82, 2.24) is 25.1 Å². The summed E-state index contributed by atoms with van der Waals surface area (Å²) in [6.45, 7) is 8.54. The lowest BCUT2D eigenvalue weighted by molar-refractivity contribution is 0.0261. The van der Waals surface area contributed by atoms with E-state index in [1.54, 1.807) is 6.33 Å². The smallest absolute Gasteiger partial charge is 0.211 e. The maximum absolute atomic E-state index is 6.46. The van der Waals surface area contributed by atoms with Crippen molar-refractivity contribution in [3.8, 4) is 11.5 Å². The number of morpholine rings is 1. The summed E-state index contributed by atoms with van der Waals surface area (Å²) in [5.74, 6) is 2.09. The van der Waals surface area contributed by atoms with Crippen LogP contribution in [0, 0.1) is 6.92 Å². The molecule has 1 N–H and O–H groups in total. The molecule has 0 spiro atoms. The fourth-order valence-electron chi connectivity index (χ4n) is 4.13. The Hall–Kier alpha value is -2.60. The molecule has 2 aliphatic rings. The molecule has 10 nitrogen and oxygen atoms in total. The fourth-order valence-corrected chi connectivity index (χ4v) is 4.72. The number of ether oxygens (including phenoxy) is 4. The average Bonchev–Trinajstić information content (AvgIpc) is 3.27. The number of anilines is 2. The van der Waals surface area contributed by atoms with Crippen molar-refractivity contribution >= 4 is 33.2 Å². The number of aromatic nitrogens is 4. The summed E-state index contributed by atoms with van der Waals surface area (Å²) < 4.78 is 23.5. The normalized spacial score (nSPS) is 17.7. The van der Waals surface area contributed by atoms with Crippen molar-refractivity contribution in [3.05, 3.63) is 23.5 Å². The molecule has 0 unspecified atom stereocenters. The molecule has 2 saturated heterocycles. The highest BCUT2D eigenvalue weighted by Gasteiger charge is 2.20. The van der Waals surface area contributed by atoms with E-state index in [-0.39, 0.29) is 6.10 Å². The Kier molecular flexibility index (Phi) is 7.64. The predicted octanol–water partition coefficient (Wildman–Crippen LogP) is 3.19. The molecule has 2 fully saturated rings. The number of nitrogens with zero attached hydrogens (tertiary/aromatic N) is 5. The number of aryl methyl sites for hydroxylation is 1. The van der Waals surface area contributed by atoms with Gasteiger partial charge in [-0.15, -0.1) is 10.2 Å². The summed E-state index contributed by atoms with van der Waals surface area (Å²) in [4.78, 5) is 11.4. The maximum atomic E-state index is 6.46. The highest BCUT2D eigenvalue weighted by Crippen LogP contribution is 2.37. The first-order valence-corrected chi connectivity index (χ1v) is 12.6. The Morgan fingerprint density at radius 3 is 2.71 bits per heavy atom. The number of nitrogens with one attached hydrogen (secondary N) is 1. The lowest BCUT2D eigenvalue weighted by Crippen LogP contribution is -2.37. The van der Waals surface area contributed by atoms with Gasteiger partial charge in [0.25, 0.3) is 0 Å². The standard InChI is InChI=1S/C23H30N6O4S/c1-16-27-28-23(34-16)26-22-21-19(24-15-25-22)13-18(14-20(21)33-17-3-9-30-10-4-17)32-8-2-5-29-6-11-31-12-7-29/h13-15,17H,2-12H2,1H3,(H,24,25,26,28). The molecule has 0 radical (unpaired) electrons. The van der Waals surface area contributed by atoms with E-state index in [0.717, 1.165) is 73.8 Å². The first kappa shape index (κ1) is 23.2. The molecule has 0 amide bonds. The van der Waals surface area contributed by atoms with Crippen molar-refractivity contribution in [3.63, 3.8) is 0 Å². The van der Waals surface area contributed by atoms with E-state index in [9.17, 15) is 0 Å². The summed E-state index contributed by atoms with van der Waals surface area (Å²) in [5.41, 5.74) is 0.756. The van der Waals surface area contributed by atoms with Crippen molar-refractivity contribution in [2.24, 2.45) is 0 Å². The monoisotopic (exact) mass is 486 g/mol. The first-order valence-electron chi connectivity index (χ1n) is 11.8. The van der Waals surface area contributed by atoms with Gasteiger partial charge in [-0.25, -0.2) is 9.97 Å². The van der Waals surface area contributed by atoms with E-state index < -0.39 is 0 Å². The van der Waals surface area contributed by atoms with Crippen molar-refractivity contribution in [1.29, 1.82) is 0 Å². The Bertz CT molecular complexity index is 1080. The van der Waals surface area contributed by atoms with Crippen LogP contribution < -0.4 is 14.8 Å². The second-order valence-electron chi connectivity index (χ2n) is 8.37. The van der Waals surface area contributed by atoms with Crippen LogP contribution in [-0.4, -0.2) is 83.8 Å². The fraction of sp³-hybridized carbons (Fsp3) is 0.565. The van der Waals surface area contributed by atoms with Gasteiger partial charge in [0, 0.05) is 44.6 Å². The third-order valence-corrected chi connectivity index (χ3v) is 6.63. The molecule has 2 aromatic heterocycles. The van der Waals surface area contributed by atoms with Crippen LogP contribution in [0.15, 0.2) is 18.5 Å². The van der Waals surface area contributed by atoms with E-state index >= 15 is 0 Å². The van der Waals surface area contributed by atoms with Crippen LogP contribution in [0.3, 0.4) is 0 Å². The molecule has 5 rings (SSSR count). The second kappa shape index (κ2) is 11.2. The van der Waals surface area contributed by atoms with Crippen molar-refractivity contribution < 1.29 is 18.9 Å². The second-order valence-corrected chi connectivity index (χ2v) is 9.56. The Balaban J connectivity index is 1.36. The topological polar surface area (TPSA) is 104 Å². The molecular weight excluding hydrogens is 456 g/mol. The van der Waals surface area contributed by atoms with Gasteiger partial charge in [-0.2, -0.15) is 0 Å². The van der Waals surface area contributed by atoms with Crippen molar-refractivity contribution in [2.75, 3.05) is 58.0 Å². The zero-order valence-electron chi connectivity index (χ0n) is 19.4. The van der Waals surface area contributed by atoms with E-state index in [1.165, 1.54) is 11.3 Å². The highest BCUT2D eigenvalue weighted by molar-refractivity contribution is 7.15. The molecule has 1 aromatic carbocycles. The average molecular weight is 487 g/mol. The Morgan fingerprint density at radius 2 is 1.91 bits per heavy atom. The van der Waals surface area contributed by atoms with E-state index in [1.807, 2.05) is 19.1 Å². The van der Waals surface area contributed by atoms with Crippen LogP contribution in [0.25, 0.3) is 10.9 Å². The van der Waals surface area contributed by atoms with Gasteiger partial charge in [0.1, 0.15) is 34.8 Å². The molecule has 0 atom stereocenters. The molecule has 3 aromatic rings. The molecule has 34 heavy (non-hydrogen) atoms. The van der Waals surface area contributed by atoms with Crippen LogP contribution in [0.5, 0.6) is 11.5 Å². The van der Waals surface area contributed by atoms with Gasteiger partial charge in [0.05, 0.1) is 43.9 Å². The van der Waals surface area contributed by atoms with Crippen LogP contribution in [0.4, 0.5) is 10.9 Å². The van der Waals surface area contributed by atoms with Gasteiger partial charge in [0.2, 0.25) is 5.13 Å². The van der Waals surface area contributed by atoms with E-state index in [2.05, 4.69) is 30.4 Å². The minimum atomic E-state index is 0.0744. The largest absolute Gasteiger partial charge is 0.493 e. The number of rotatable bonds is 9. The van der Waals surface area contributed by atoms with Crippen LogP contribution in [-0.2, 0) is 9.47 Å². The minimum absolute atomic E-state index is 0.0744. The Morgan fingerprint density at radius 1 is 1.09 bits per heavy atom. The van der Waals surface area contributed by atoms with Gasteiger partial charge in [0.15, 0.2) is 0 Å². The van der Waals surface area contributed by atoms with Crippen LogP contribution in [0.2, 0.25) is 0 Å². The summed E-state index contributed by atoms with van der Waals surface area (Å²) in [6, 6.07) is 3.89. The van der Waals surface area contributed by atoms with Crippen molar-refractivity contribution in [2.45, 2.75) is 32.3 Å². The summed E-state index contributed by atoms with van der Waals surface area (Å²) >= 11 is 1.47. The van der Waals surface area contributed by atoms with Gasteiger partial charge >= 0.3 is 0 Å². The van der Waals surface area contributed by atoms with Gasteiger partial charge in [-0.3, -0.25) is 4.90 Å². The third kappa shape index (κ3) is 5.90. The SMILES string of the molecule is Cc1nnc(Nc2ncnc3cc(OCCCN4CCOCC4)cc(OC4CCOCC4)c23)s1. The van der Waals surface area contributed by atoms with Gasteiger partial charge < -0.3 is 24.3 Å². The molecule has 0 aliphatic carbocycles. The summed E-state index contributed by atoms with van der Waals surface area (Å²) in [6.07, 6.45) is 4.25. The number of hydrogen-bond donors (Lipinski definition) is 1. The molecule has 11 heteroatoms. The maximum Gasteiger partial charge on any atom is 0.211 e. The highest BCUT2D eigenvalue weighted by atomic mass is 32.1. The van der Waals surface area contributed by atoms with Crippen LogP contribution in [0.1, 0.15) is 24.3 Å². The van der Waals surface area contributed by atoms with Gasteiger partial charge in [-0.1, -0.05) is 11.3 Å². The van der Waals surface area contributed by atoms with E-state index in [0.29, 0.717) is 36.5 Å². The number of fused-ring (bicyclic) bond motifs is 1. The Labute approximate surface area is 202 Å². The number of benzene rings is 1. The lowest BCUT2D eigenvalue weighted by atomic mass is 10.1. The van der Waals surface area contributed by atoms with Crippen LogP contribution >= 0.6 is 11.3 Å². The first-order chi connectivity index (χ1) is 16.7. The van der Waals surface area contributed by atoms with Gasteiger partial charge in [-0.05, 0) is 13.3 Å². The lowest BCUT2D eigenvalue weighted by Gasteiger charge is -2.26. The summed E-state index contributed by atoms with van der Waals surface area (Å²) in [5, 5.41) is 13.9. The number of hydrogen-bond acceptors (Lipinski definition) is 11. The molecule has 0 saturated carbocycles. The molecule has 2 aliphatic heterocycles. The quantitative estimate of drug-likeness (QED) is 0.454.